The highest BCUT2D eigenvalue weighted by atomic mass is 19.4. The van der Waals surface area contributed by atoms with E-state index in [2.05, 4.69) is 5.10 Å². The maximum atomic E-state index is 14.0. The van der Waals surface area contributed by atoms with Crippen molar-refractivity contribution in [2.45, 2.75) is 32.9 Å². The molecule has 4 nitrogen and oxygen atoms in total. The molecule has 1 aliphatic heterocycles. The number of benzene rings is 1. The molecule has 0 saturated heterocycles. The Balaban J connectivity index is 0.000000771. The van der Waals surface area contributed by atoms with Crippen molar-refractivity contribution in [2.75, 3.05) is 6.61 Å². The van der Waals surface area contributed by atoms with E-state index in [1.165, 1.54) is 6.33 Å². The highest BCUT2D eigenvalue weighted by Gasteiger charge is 2.36. The van der Waals surface area contributed by atoms with Crippen LogP contribution in [0.25, 0.3) is 5.69 Å². The predicted molar refractivity (Wildman–Crippen MR) is 80.8 cm³/mol. The summed E-state index contributed by atoms with van der Waals surface area (Å²) in [5.74, 6) is -9.51. The minimum absolute atomic E-state index is 0. The standard InChI is InChI=1S/C15H15F5N3O.BF3.FH/c1-3-7(2)8-4-24-5-9-21-23(6-22(8)9)15-13(19)11(17)10(16)12(18)14(15)20;2-1(3)4;/h6-8H,3-5H2,1-2H3;;1H/q+1;;/p-1/t7-,8-;;/m1../s1. The van der Waals surface area contributed by atoms with Gasteiger partial charge in [0.1, 0.15) is 12.6 Å². The number of hydrogen-bond donors (Lipinski definition) is 0. The Labute approximate surface area is 159 Å². The second kappa shape index (κ2) is 9.99. The van der Waals surface area contributed by atoms with E-state index in [4.69, 9.17) is 4.74 Å². The zero-order chi connectivity index (χ0) is 21.2. The monoisotopic (exact) mass is 435 g/mol. The molecule has 162 valence electrons. The van der Waals surface area contributed by atoms with Gasteiger partial charge in [0.25, 0.3) is 0 Å². The Bertz CT molecular complexity index is 817. The van der Waals surface area contributed by atoms with Crippen LogP contribution < -0.4 is 9.27 Å². The average Bonchev–Trinajstić information content (AvgIpc) is 3.07. The summed E-state index contributed by atoms with van der Waals surface area (Å²) in [7, 11) is -3.67. The molecule has 0 radical (unpaired) electrons. The lowest BCUT2D eigenvalue weighted by Crippen LogP contribution is -3.00. The van der Waals surface area contributed by atoms with E-state index in [1.807, 2.05) is 13.8 Å². The molecular weight excluding hydrogens is 420 g/mol. The van der Waals surface area contributed by atoms with Gasteiger partial charge in [-0.1, -0.05) is 25.0 Å². The number of nitrogens with zero attached hydrogens (tertiary/aromatic N) is 3. The van der Waals surface area contributed by atoms with Crippen LogP contribution in [0.1, 0.15) is 32.1 Å². The Morgan fingerprint density at radius 2 is 1.59 bits per heavy atom. The molecule has 3 rings (SSSR count). The molecule has 14 heteroatoms. The molecule has 0 N–H and O–H groups in total. The third-order valence-electron chi connectivity index (χ3n) is 4.35. The first kappa shape index (κ1) is 24.8. The lowest BCUT2D eigenvalue weighted by Gasteiger charge is -2.24. The first-order valence-corrected chi connectivity index (χ1v) is 8.11. The summed E-state index contributed by atoms with van der Waals surface area (Å²) >= 11 is 0. The van der Waals surface area contributed by atoms with Gasteiger partial charge in [0, 0.05) is 5.10 Å². The molecule has 2 aromatic rings. The SMILES string of the molecule is CC[C@@H](C)[C@H]1COCc2nn(-c3c(F)c(F)c(F)c(F)c3F)c[n+]21.FB(F)F.[F-]. The lowest BCUT2D eigenvalue weighted by atomic mass is 9.99. The van der Waals surface area contributed by atoms with Crippen LogP contribution in [0.5, 0.6) is 0 Å². The van der Waals surface area contributed by atoms with Gasteiger partial charge in [0.2, 0.25) is 41.1 Å². The molecule has 2 heterocycles. The van der Waals surface area contributed by atoms with Crippen LogP contribution in [0.2, 0.25) is 0 Å². The first-order chi connectivity index (χ1) is 13.1. The third kappa shape index (κ3) is 5.03. The number of halogens is 9. The Hall–Kier alpha value is -2.25. The lowest BCUT2D eigenvalue weighted by molar-refractivity contribution is -0.749. The highest BCUT2D eigenvalue weighted by molar-refractivity contribution is 6.33. The van der Waals surface area contributed by atoms with Crippen molar-refractivity contribution < 1.29 is 48.9 Å². The van der Waals surface area contributed by atoms with Crippen molar-refractivity contribution in [1.82, 2.24) is 9.78 Å². The van der Waals surface area contributed by atoms with Gasteiger partial charge in [-0.15, -0.1) is 0 Å². The molecule has 0 spiro atoms. The molecule has 2 atom stereocenters. The number of fused-ring (bicyclic) bond motifs is 1. The highest BCUT2D eigenvalue weighted by Crippen LogP contribution is 2.26. The molecule has 0 saturated carbocycles. The van der Waals surface area contributed by atoms with Crippen molar-refractivity contribution in [3.63, 3.8) is 0 Å². The van der Waals surface area contributed by atoms with Gasteiger partial charge in [-0.05, 0) is 5.92 Å². The molecule has 0 amide bonds. The fraction of sp³-hybridized carbons (Fsp3) is 0.467. The van der Waals surface area contributed by atoms with Gasteiger partial charge in [-0.3, -0.25) is 12.9 Å². The molecule has 29 heavy (non-hydrogen) atoms. The van der Waals surface area contributed by atoms with Crippen LogP contribution in [0.3, 0.4) is 0 Å². The summed E-state index contributed by atoms with van der Waals surface area (Å²) in [6, 6.07) is -0.131. The van der Waals surface area contributed by atoms with Crippen molar-refractivity contribution in [3.8, 4) is 5.69 Å². The Morgan fingerprint density at radius 3 is 2.07 bits per heavy atom. The Morgan fingerprint density at radius 1 is 1.10 bits per heavy atom. The summed E-state index contributed by atoms with van der Waals surface area (Å²) in [4.78, 5) is 0. The predicted octanol–water partition coefficient (Wildman–Crippen LogP) is 0.857. The summed E-state index contributed by atoms with van der Waals surface area (Å²) in [6.45, 7) is 4.44. The van der Waals surface area contributed by atoms with E-state index < -0.39 is 42.3 Å². The van der Waals surface area contributed by atoms with Crippen LogP contribution in [0.15, 0.2) is 6.33 Å². The topological polar surface area (TPSA) is 30.9 Å². The third-order valence-corrected chi connectivity index (χ3v) is 4.35. The van der Waals surface area contributed by atoms with Gasteiger partial charge in [-0.2, -0.15) is 8.78 Å². The van der Waals surface area contributed by atoms with E-state index in [0.717, 1.165) is 6.42 Å². The maximum Gasteiger partial charge on any atom is 0.762 e. The van der Waals surface area contributed by atoms with Crippen molar-refractivity contribution in [2.24, 2.45) is 5.92 Å². The van der Waals surface area contributed by atoms with Gasteiger partial charge in [-0.25, -0.2) is 17.7 Å². The fourth-order valence-corrected chi connectivity index (χ4v) is 2.73. The number of aromatic nitrogens is 3. The van der Waals surface area contributed by atoms with Gasteiger partial charge in [0.05, 0.1) is 6.61 Å². The molecule has 0 bridgehead atoms. The quantitative estimate of drug-likeness (QED) is 0.236. The number of rotatable bonds is 3. The van der Waals surface area contributed by atoms with Gasteiger partial charge in [0.15, 0.2) is 0 Å². The van der Waals surface area contributed by atoms with Gasteiger partial charge < -0.3 is 9.44 Å². The molecule has 1 aromatic heterocycles. The summed E-state index contributed by atoms with van der Waals surface area (Å²) in [5.41, 5.74) is -1.10. The van der Waals surface area contributed by atoms with Crippen molar-refractivity contribution in [3.05, 3.63) is 41.2 Å². The average molecular weight is 435 g/mol. The van der Waals surface area contributed by atoms with Crippen molar-refractivity contribution in [1.29, 1.82) is 0 Å². The number of ether oxygens (including phenoxy) is 1. The smallest absolute Gasteiger partial charge is 0.762 e. The molecule has 0 aliphatic carbocycles. The van der Waals surface area contributed by atoms with E-state index in [1.54, 1.807) is 4.57 Å². The minimum atomic E-state index is -3.67. The largest absolute Gasteiger partial charge is 1.00 e. The fourth-order valence-electron chi connectivity index (χ4n) is 2.73. The van der Waals surface area contributed by atoms with Crippen molar-refractivity contribution >= 4 is 7.54 Å². The molecule has 1 aromatic carbocycles. The summed E-state index contributed by atoms with van der Waals surface area (Å²) < 4.78 is 105. The van der Waals surface area contributed by atoms with E-state index in [-0.39, 0.29) is 23.3 Å². The number of hydrogen-bond acceptors (Lipinski definition) is 2. The summed E-state index contributed by atoms with van der Waals surface area (Å²) in [6.07, 6.45) is 2.07. The normalized spacial score (nSPS) is 16.3. The molecule has 1 aliphatic rings. The summed E-state index contributed by atoms with van der Waals surface area (Å²) in [5, 5.41) is 3.94. The minimum Gasteiger partial charge on any atom is -1.00 e. The zero-order valence-corrected chi connectivity index (χ0v) is 15.1. The van der Waals surface area contributed by atoms with Crippen LogP contribution in [0.4, 0.5) is 34.9 Å². The van der Waals surface area contributed by atoms with Crippen LogP contribution in [-0.4, -0.2) is 23.9 Å². The molecular formula is C15H15BF9N3O. The Kier molecular flexibility index (Phi) is 8.54. The van der Waals surface area contributed by atoms with Gasteiger partial charge >= 0.3 is 13.4 Å². The second-order valence-corrected chi connectivity index (χ2v) is 6.02. The maximum absolute atomic E-state index is 14.0. The zero-order valence-electron chi connectivity index (χ0n) is 15.1. The van der Waals surface area contributed by atoms with Crippen LogP contribution in [0, 0.1) is 35.0 Å². The van der Waals surface area contributed by atoms with Crippen LogP contribution >= 0.6 is 0 Å². The molecule has 0 fully saturated rings. The van der Waals surface area contributed by atoms with E-state index >= 15 is 0 Å². The second-order valence-electron chi connectivity index (χ2n) is 6.02. The van der Waals surface area contributed by atoms with Crippen LogP contribution in [-0.2, 0) is 11.3 Å². The van der Waals surface area contributed by atoms with E-state index in [0.29, 0.717) is 17.1 Å². The first-order valence-electron chi connectivity index (χ1n) is 8.11. The molecule has 0 unspecified atom stereocenters. The van der Waals surface area contributed by atoms with E-state index in [9.17, 15) is 34.9 Å².